The van der Waals surface area contributed by atoms with E-state index < -0.39 is 22.1 Å². The molecule has 0 saturated carbocycles. The summed E-state index contributed by atoms with van der Waals surface area (Å²) in [6, 6.07) is 1.88. The zero-order valence-electron chi connectivity index (χ0n) is 11.0. The number of aromatic nitrogens is 2. The Morgan fingerprint density at radius 2 is 2.38 bits per heavy atom. The number of carboxylic acids is 1. The van der Waals surface area contributed by atoms with Crippen molar-refractivity contribution in [1.29, 1.82) is 5.26 Å². The number of carbonyl (C=O) groups is 1. The van der Waals surface area contributed by atoms with Crippen LogP contribution in [0.1, 0.15) is 6.42 Å². The average Bonchev–Trinajstić information content (AvgIpc) is 2.95. The van der Waals surface area contributed by atoms with Gasteiger partial charge in [0.15, 0.2) is 6.10 Å². The molecular formula is C11H14N4O5S. The lowest BCUT2D eigenvalue weighted by molar-refractivity contribution is -0.137. The number of hydrogen-bond donors (Lipinski definition) is 1. The lowest BCUT2D eigenvalue weighted by Crippen LogP contribution is -2.44. The molecule has 9 nitrogen and oxygen atoms in total. The lowest BCUT2D eigenvalue weighted by Gasteiger charge is -2.28. The number of morpholine rings is 1. The first-order valence-corrected chi connectivity index (χ1v) is 7.63. The fourth-order valence-electron chi connectivity index (χ4n) is 1.88. The summed E-state index contributed by atoms with van der Waals surface area (Å²) >= 11 is 0. The normalized spacial score (nSPS) is 20.0. The molecule has 21 heavy (non-hydrogen) atoms. The highest BCUT2D eigenvalue weighted by Crippen LogP contribution is 2.18. The third-order valence-electron chi connectivity index (χ3n) is 2.98. The molecule has 1 aliphatic rings. The van der Waals surface area contributed by atoms with E-state index in [1.165, 1.54) is 21.4 Å². The molecule has 0 aliphatic carbocycles. The Kier molecular flexibility index (Phi) is 4.56. The Bertz CT molecular complexity index is 662. The van der Waals surface area contributed by atoms with Crippen LogP contribution in [0, 0.1) is 11.3 Å². The van der Waals surface area contributed by atoms with Crippen molar-refractivity contribution >= 4 is 16.0 Å². The standard InChI is InChI=1S/C11H14N4O5S/c12-5-9-7-15(3-4-20-9)21(18,19)10-6-13-14(8-10)2-1-11(16)17/h6,8-9H,1-4,7H2,(H,16,17). The smallest absolute Gasteiger partial charge is 0.305 e. The van der Waals surface area contributed by atoms with Crippen molar-refractivity contribution in [2.75, 3.05) is 19.7 Å². The molecule has 1 aliphatic heterocycles. The zero-order chi connectivity index (χ0) is 15.5. The van der Waals surface area contributed by atoms with Gasteiger partial charge < -0.3 is 9.84 Å². The van der Waals surface area contributed by atoms with Crippen LogP contribution in [-0.2, 0) is 26.1 Å². The maximum Gasteiger partial charge on any atom is 0.305 e. The van der Waals surface area contributed by atoms with Crippen LogP contribution in [0.5, 0.6) is 0 Å². The van der Waals surface area contributed by atoms with Crippen molar-refractivity contribution in [3.05, 3.63) is 12.4 Å². The number of ether oxygens (including phenoxy) is 1. The second-order valence-corrected chi connectivity index (χ2v) is 6.37. The first kappa shape index (κ1) is 15.4. The number of carboxylic acid groups (broad SMARTS) is 1. The molecule has 1 saturated heterocycles. The van der Waals surface area contributed by atoms with E-state index in [4.69, 9.17) is 15.1 Å². The number of nitrogens with zero attached hydrogens (tertiary/aromatic N) is 4. The van der Waals surface area contributed by atoms with Crippen LogP contribution in [0.2, 0.25) is 0 Å². The summed E-state index contributed by atoms with van der Waals surface area (Å²) < 4.78 is 32.3. The minimum Gasteiger partial charge on any atom is -0.481 e. The molecule has 0 bridgehead atoms. The lowest BCUT2D eigenvalue weighted by atomic mass is 10.3. The van der Waals surface area contributed by atoms with Gasteiger partial charge in [-0.25, -0.2) is 8.42 Å². The van der Waals surface area contributed by atoms with Gasteiger partial charge in [0.05, 0.1) is 38.4 Å². The van der Waals surface area contributed by atoms with Crippen LogP contribution in [0.15, 0.2) is 17.3 Å². The van der Waals surface area contributed by atoms with E-state index in [0.29, 0.717) is 0 Å². The van der Waals surface area contributed by atoms with Crippen LogP contribution < -0.4 is 0 Å². The monoisotopic (exact) mass is 314 g/mol. The van der Waals surface area contributed by atoms with Crippen molar-refractivity contribution in [3.8, 4) is 6.07 Å². The van der Waals surface area contributed by atoms with E-state index in [1.54, 1.807) is 0 Å². The highest BCUT2D eigenvalue weighted by atomic mass is 32.2. The second-order valence-electron chi connectivity index (χ2n) is 4.43. The molecule has 2 heterocycles. The van der Waals surface area contributed by atoms with Crippen molar-refractivity contribution in [3.63, 3.8) is 0 Å². The van der Waals surface area contributed by atoms with Crippen molar-refractivity contribution < 1.29 is 23.1 Å². The molecule has 0 amide bonds. The maximum absolute atomic E-state index is 12.4. The molecule has 0 aromatic carbocycles. The molecule has 1 aromatic heterocycles. The minimum atomic E-state index is -3.75. The van der Waals surface area contributed by atoms with E-state index in [1.807, 2.05) is 6.07 Å². The zero-order valence-corrected chi connectivity index (χ0v) is 11.9. The number of hydrogen-bond acceptors (Lipinski definition) is 6. The number of aliphatic carboxylic acids is 1. The quantitative estimate of drug-likeness (QED) is 0.759. The Hall–Kier alpha value is -1.96. The van der Waals surface area contributed by atoms with Crippen molar-refractivity contribution in [1.82, 2.24) is 14.1 Å². The second kappa shape index (κ2) is 6.21. The highest BCUT2D eigenvalue weighted by Gasteiger charge is 2.31. The maximum atomic E-state index is 12.4. The summed E-state index contributed by atoms with van der Waals surface area (Å²) in [6.45, 7) is 0.388. The van der Waals surface area contributed by atoms with Gasteiger partial charge in [0.1, 0.15) is 4.90 Å². The fraction of sp³-hybridized carbons (Fsp3) is 0.545. The van der Waals surface area contributed by atoms with E-state index >= 15 is 0 Å². The predicted octanol–water partition coefficient (Wildman–Crippen LogP) is -0.729. The number of nitriles is 1. The fourth-order valence-corrected chi connectivity index (χ4v) is 3.26. The van der Waals surface area contributed by atoms with Crippen molar-refractivity contribution in [2.24, 2.45) is 0 Å². The van der Waals surface area contributed by atoms with Gasteiger partial charge in [0, 0.05) is 12.7 Å². The third kappa shape index (κ3) is 3.57. The van der Waals surface area contributed by atoms with Crippen LogP contribution in [0.4, 0.5) is 0 Å². The van der Waals surface area contributed by atoms with Gasteiger partial charge in [-0.3, -0.25) is 9.48 Å². The van der Waals surface area contributed by atoms with E-state index in [-0.39, 0.29) is 37.6 Å². The first-order valence-electron chi connectivity index (χ1n) is 6.19. The molecule has 10 heteroatoms. The molecule has 0 spiro atoms. The number of sulfonamides is 1. The van der Waals surface area contributed by atoms with E-state index in [0.717, 1.165) is 0 Å². The Balaban J connectivity index is 2.12. The SMILES string of the molecule is N#CC1CN(S(=O)(=O)c2cnn(CCC(=O)O)c2)CCO1. The topological polar surface area (TPSA) is 126 Å². The summed E-state index contributed by atoms with van der Waals surface area (Å²) in [5.41, 5.74) is 0. The first-order chi connectivity index (χ1) is 9.93. The Labute approximate surface area is 121 Å². The third-order valence-corrected chi connectivity index (χ3v) is 4.79. The minimum absolute atomic E-state index is 0.0218. The van der Waals surface area contributed by atoms with Crippen molar-refractivity contribution in [2.45, 2.75) is 24.0 Å². The van der Waals surface area contributed by atoms with Gasteiger partial charge >= 0.3 is 5.97 Å². The molecule has 114 valence electrons. The van der Waals surface area contributed by atoms with Crippen LogP contribution in [0.3, 0.4) is 0 Å². The van der Waals surface area contributed by atoms with Gasteiger partial charge in [0.2, 0.25) is 10.0 Å². The molecule has 1 unspecified atom stereocenters. The summed E-state index contributed by atoms with van der Waals surface area (Å²) in [6.07, 6.45) is 1.54. The van der Waals surface area contributed by atoms with E-state index in [9.17, 15) is 13.2 Å². The molecule has 1 aromatic rings. The van der Waals surface area contributed by atoms with E-state index in [2.05, 4.69) is 5.10 Å². The average molecular weight is 314 g/mol. The summed E-state index contributed by atoms with van der Waals surface area (Å²) in [4.78, 5) is 10.5. The van der Waals surface area contributed by atoms with Gasteiger partial charge in [0.25, 0.3) is 0 Å². The Morgan fingerprint density at radius 1 is 1.62 bits per heavy atom. The van der Waals surface area contributed by atoms with Crippen LogP contribution in [-0.4, -0.2) is 59.4 Å². The summed E-state index contributed by atoms with van der Waals surface area (Å²) in [5.74, 6) is -0.986. The highest BCUT2D eigenvalue weighted by molar-refractivity contribution is 7.89. The molecule has 1 N–H and O–H groups in total. The molecule has 1 fully saturated rings. The molecular weight excluding hydrogens is 300 g/mol. The van der Waals surface area contributed by atoms with Gasteiger partial charge in [-0.15, -0.1) is 0 Å². The largest absolute Gasteiger partial charge is 0.481 e. The van der Waals surface area contributed by atoms with Gasteiger partial charge in [-0.05, 0) is 0 Å². The number of aryl methyl sites for hydroxylation is 1. The molecule has 2 rings (SSSR count). The Morgan fingerprint density at radius 3 is 3.05 bits per heavy atom. The summed E-state index contributed by atoms with van der Waals surface area (Å²) in [7, 11) is -3.75. The van der Waals surface area contributed by atoms with Gasteiger partial charge in [-0.1, -0.05) is 0 Å². The van der Waals surface area contributed by atoms with Crippen LogP contribution in [0.25, 0.3) is 0 Å². The van der Waals surface area contributed by atoms with Gasteiger partial charge in [-0.2, -0.15) is 14.7 Å². The summed E-state index contributed by atoms with van der Waals surface area (Å²) in [5, 5.41) is 21.2. The van der Waals surface area contributed by atoms with Crippen LogP contribution >= 0.6 is 0 Å². The molecule has 0 radical (unpaired) electrons. The number of rotatable bonds is 5. The molecule has 1 atom stereocenters. The predicted molar refractivity (Wildman–Crippen MR) is 68.6 cm³/mol.